The summed E-state index contributed by atoms with van der Waals surface area (Å²) >= 11 is 0. The van der Waals surface area contributed by atoms with Crippen LogP contribution in [0, 0.1) is 0 Å². The van der Waals surface area contributed by atoms with Crippen LogP contribution in [-0.2, 0) is 11.3 Å². The summed E-state index contributed by atoms with van der Waals surface area (Å²) in [5.41, 5.74) is 2.27. The van der Waals surface area contributed by atoms with Crippen molar-refractivity contribution in [3.63, 3.8) is 0 Å². The first-order valence-electron chi connectivity index (χ1n) is 8.39. The lowest BCUT2D eigenvalue weighted by Gasteiger charge is -2.30. The summed E-state index contributed by atoms with van der Waals surface area (Å²) in [6.07, 6.45) is 5.42. The van der Waals surface area contributed by atoms with Gasteiger partial charge in [-0.3, -0.25) is 0 Å². The summed E-state index contributed by atoms with van der Waals surface area (Å²) in [7, 11) is 0. The Hall–Kier alpha value is -2.50. The van der Waals surface area contributed by atoms with Crippen LogP contribution in [0.15, 0.2) is 42.7 Å². The summed E-state index contributed by atoms with van der Waals surface area (Å²) in [6.45, 7) is 4.18. The van der Waals surface area contributed by atoms with E-state index in [4.69, 9.17) is 9.57 Å². The molecule has 1 fully saturated rings. The average molecular weight is 329 g/mol. The summed E-state index contributed by atoms with van der Waals surface area (Å²) in [5.74, 6) is 0.407. The van der Waals surface area contributed by atoms with Gasteiger partial charge in [-0.05, 0) is 36.8 Å². The molecule has 0 spiro atoms. The highest BCUT2D eigenvalue weighted by molar-refractivity contribution is 5.67. The fourth-order valence-electron chi connectivity index (χ4n) is 2.92. The van der Waals surface area contributed by atoms with E-state index in [2.05, 4.69) is 5.10 Å². The zero-order valence-corrected chi connectivity index (χ0v) is 13.9. The average Bonchev–Trinajstić information content (AvgIpc) is 3.10. The fourth-order valence-corrected chi connectivity index (χ4v) is 2.92. The summed E-state index contributed by atoms with van der Waals surface area (Å²) in [6, 6.07) is 10.0. The molecule has 1 aliphatic rings. The Labute approximate surface area is 141 Å². The highest BCUT2D eigenvalue weighted by atomic mass is 16.7. The van der Waals surface area contributed by atoms with E-state index in [-0.39, 0.29) is 6.09 Å². The summed E-state index contributed by atoms with van der Waals surface area (Å²) in [5, 5.41) is 4.28. The maximum Gasteiger partial charge on any atom is 0.409 e. The molecule has 0 N–H and O–H groups in total. The van der Waals surface area contributed by atoms with Gasteiger partial charge >= 0.3 is 6.09 Å². The van der Waals surface area contributed by atoms with Gasteiger partial charge in [0.25, 0.3) is 0 Å². The minimum Gasteiger partial charge on any atom is -0.450 e. The predicted molar refractivity (Wildman–Crippen MR) is 89.5 cm³/mol. The molecule has 24 heavy (non-hydrogen) atoms. The lowest BCUT2D eigenvalue weighted by Crippen LogP contribution is -2.38. The zero-order chi connectivity index (χ0) is 16.8. The Morgan fingerprint density at radius 3 is 2.71 bits per heavy atom. The van der Waals surface area contributed by atoms with Gasteiger partial charge < -0.3 is 14.5 Å². The molecule has 0 saturated carbocycles. The monoisotopic (exact) mass is 329 g/mol. The maximum atomic E-state index is 11.7. The highest BCUT2D eigenvalue weighted by Gasteiger charge is 2.25. The van der Waals surface area contributed by atoms with Gasteiger partial charge in [-0.15, -0.1) is 9.94 Å². The van der Waals surface area contributed by atoms with E-state index >= 15 is 0 Å². The van der Waals surface area contributed by atoms with Crippen LogP contribution < -0.4 is 4.84 Å². The number of benzene rings is 1. The molecule has 6 nitrogen and oxygen atoms in total. The Bertz CT molecular complexity index is 649. The van der Waals surface area contributed by atoms with Gasteiger partial charge in [0.05, 0.1) is 19.0 Å². The van der Waals surface area contributed by atoms with E-state index in [1.54, 1.807) is 4.90 Å². The second-order valence-corrected chi connectivity index (χ2v) is 5.90. The van der Waals surface area contributed by atoms with Crippen LogP contribution in [0.4, 0.5) is 4.79 Å². The molecular weight excluding hydrogens is 306 g/mol. The Morgan fingerprint density at radius 1 is 1.25 bits per heavy atom. The van der Waals surface area contributed by atoms with Crippen molar-refractivity contribution in [3.05, 3.63) is 53.9 Å². The quantitative estimate of drug-likeness (QED) is 0.846. The van der Waals surface area contributed by atoms with Gasteiger partial charge in [-0.1, -0.05) is 30.3 Å². The molecule has 1 aromatic heterocycles. The lowest BCUT2D eigenvalue weighted by molar-refractivity contribution is 0.0696. The van der Waals surface area contributed by atoms with Gasteiger partial charge in [-0.2, -0.15) is 0 Å². The molecule has 1 amide bonds. The number of carbonyl (C=O) groups excluding carboxylic acids is 1. The van der Waals surface area contributed by atoms with Gasteiger partial charge in [0.1, 0.15) is 6.61 Å². The number of carbonyl (C=O) groups is 1. The molecule has 1 saturated heterocycles. The van der Waals surface area contributed by atoms with Crippen molar-refractivity contribution in [2.24, 2.45) is 0 Å². The van der Waals surface area contributed by atoms with Crippen molar-refractivity contribution in [1.82, 2.24) is 14.8 Å². The molecule has 128 valence electrons. The first-order valence-corrected chi connectivity index (χ1v) is 8.39. The van der Waals surface area contributed by atoms with Crippen LogP contribution in [0.5, 0.6) is 0 Å². The molecule has 0 unspecified atom stereocenters. The van der Waals surface area contributed by atoms with Crippen LogP contribution in [-0.4, -0.2) is 40.6 Å². The molecular formula is C18H23N3O3. The minimum atomic E-state index is -0.210. The van der Waals surface area contributed by atoms with Crippen molar-refractivity contribution in [3.8, 4) is 0 Å². The van der Waals surface area contributed by atoms with E-state index < -0.39 is 0 Å². The molecule has 0 atom stereocenters. The number of nitrogens with zero attached hydrogens (tertiary/aromatic N) is 3. The highest BCUT2D eigenvalue weighted by Crippen LogP contribution is 2.27. The van der Waals surface area contributed by atoms with Crippen LogP contribution in [0.2, 0.25) is 0 Å². The van der Waals surface area contributed by atoms with Crippen molar-refractivity contribution in [2.75, 3.05) is 19.7 Å². The standard InChI is InChI=1S/C18H23N3O3/c1-2-23-18(22)20-10-8-16(9-11-20)17-12-19-21(13-17)24-14-15-6-4-3-5-7-15/h3-7,12-13,16H,2,8-11,14H2,1H3. The summed E-state index contributed by atoms with van der Waals surface area (Å²) < 4.78 is 5.05. The van der Waals surface area contributed by atoms with Gasteiger partial charge in [-0.25, -0.2) is 4.79 Å². The van der Waals surface area contributed by atoms with Gasteiger partial charge in [0, 0.05) is 13.1 Å². The second-order valence-electron chi connectivity index (χ2n) is 5.90. The third-order valence-electron chi connectivity index (χ3n) is 4.28. The molecule has 1 aliphatic heterocycles. The summed E-state index contributed by atoms with van der Waals surface area (Å²) in [4.78, 5) is 20.7. The lowest BCUT2D eigenvalue weighted by atomic mass is 9.92. The maximum absolute atomic E-state index is 11.7. The van der Waals surface area contributed by atoms with Crippen molar-refractivity contribution < 1.29 is 14.4 Å². The Kier molecular flexibility index (Phi) is 5.36. The van der Waals surface area contributed by atoms with E-state index in [1.807, 2.05) is 49.6 Å². The predicted octanol–water partition coefficient (Wildman–Crippen LogP) is 2.85. The first-order chi connectivity index (χ1) is 11.8. The van der Waals surface area contributed by atoms with Crippen LogP contribution >= 0.6 is 0 Å². The van der Waals surface area contributed by atoms with Crippen molar-refractivity contribution in [2.45, 2.75) is 32.3 Å². The molecule has 2 aromatic rings. The molecule has 2 heterocycles. The Morgan fingerprint density at radius 2 is 2.00 bits per heavy atom. The Balaban J connectivity index is 1.50. The van der Waals surface area contributed by atoms with E-state index in [0.717, 1.165) is 37.1 Å². The van der Waals surface area contributed by atoms with Crippen LogP contribution in [0.1, 0.15) is 36.8 Å². The molecule has 0 bridgehead atoms. The molecule has 6 heteroatoms. The van der Waals surface area contributed by atoms with Gasteiger partial charge in [0.2, 0.25) is 0 Å². The first kappa shape index (κ1) is 16.4. The van der Waals surface area contributed by atoms with Crippen molar-refractivity contribution in [1.29, 1.82) is 0 Å². The second kappa shape index (κ2) is 7.86. The molecule has 0 radical (unpaired) electrons. The van der Waals surface area contributed by atoms with E-state index in [1.165, 1.54) is 4.85 Å². The number of likely N-dealkylation sites (tertiary alicyclic amines) is 1. The normalized spacial score (nSPS) is 15.3. The number of amides is 1. The largest absolute Gasteiger partial charge is 0.450 e. The number of hydrogen-bond acceptors (Lipinski definition) is 4. The smallest absolute Gasteiger partial charge is 0.409 e. The SMILES string of the molecule is CCOC(=O)N1CCC(c2cnn(OCc3ccccc3)c2)CC1. The number of aromatic nitrogens is 2. The van der Waals surface area contributed by atoms with E-state index in [0.29, 0.717) is 19.1 Å². The number of hydrogen-bond donors (Lipinski definition) is 0. The third-order valence-corrected chi connectivity index (χ3v) is 4.28. The van der Waals surface area contributed by atoms with Crippen molar-refractivity contribution >= 4 is 6.09 Å². The minimum absolute atomic E-state index is 0.210. The zero-order valence-electron chi connectivity index (χ0n) is 13.9. The van der Waals surface area contributed by atoms with Gasteiger partial charge in [0.15, 0.2) is 0 Å². The van der Waals surface area contributed by atoms with E-state index in [9.17, 15) is 4.79 Å². The van der Waals surface area contributed by atoms with Crippen LogP contribution in [0.3, 0.4) is 0 Å². The fraction of sp³-hybridized carbons (Fsp3) is 0.444. The molecule has 1 aromatic carbocycles. The number of piperidine rings is 1. The topological polar surface area (TPSA) is 56.6 Å². The number of rotatable bonds is 5. The molecule has 0 aliphatic carbocycles. The number of ether oxygens (including phenoxy) is 1. The third kappa shape index (κ3) is 4.07. The van der Waals surface area contributed by atoms with Crippen LogP contribution in [0.25, 0.3) is 0 Å². The molecule has 3 rings (SSSR count).